The number of hydrogen-bond acceptors (Lipinski definition) is 2. The molecule has 82 valence electrons. The molecule has 0 spiro atoms. The van der Waals surface area contributed by atoms with Crippen molar-refractivity contribution in [2.24, 2.45) is 0 Å². The Labute approximate surface area is 96.4 Å². The quantitative estimate of drug-likeness (QED) is 0.781. The highest BCUT2D eigenvalue weighted by molar-refractivity contribution is 5.24. The van der Waals surface area contributed by atoms with Gasteiger partial charge >= 0.3 is 0 Å². The summed E-state index contributed by atoms with van der Waals surface area (Å²) in [7, 11) is 0. The SMILES string of the molecule is Cc1ccc(C(C)Cc2ncccn2)cc1. The summed E-state index contributed by atoms with van der Waals surface area (Å²) < 4.78 is 0. The summed E-state index contributed by atoms with van der Waals surface area (Å²) in [5.74, 6) is 1.37. The van der Waals surface area contributed by atoms with Gasteiger partial charge in [-0.25, -0.2) is 9.97 Å². The summed E-state index contributed by atoms with van der Waals surface area (Å²) >= 11 is 0. The second kappa shape index (κ2) is 4.88. The Morgan fingerprint density at radius 3 is 2.31 bits per heavy atom. The first-order valence-corrected chi connectivity index (χ1v) is 5.58. The molecule has 0 amide bonds. The zero-order valence-electron chi connectivity index (χ0n) is 9.72. The van der Waals surface area contributed by atoms with E-state index in [1.165, 1.54) is 11.1 Å². The Balaban J connectivity index is 2.09. The number of rotatable bonds is 3. The first kappa shape index (κ1) is 10.8. The van der Waals surface area contributed by atoms with Gasteiger partial charge in [0.15, 0.2) is 0 Å². The first-order valence-electron chi connectivity index (χ1n) is 5.58. The molecule has 0 saturated carbocycles. The van der Waals surface area contributed by atoms with Gasteiger partial charge in [-0.2, -0.15) is 0 Å². The van der Waals surface area contributed by atoms with E-state index in [0.29, 0.717) is 5.92 Å². The minimum atomic E-state index is 0.461. The van der Waals surface area contributed by atoms with E-state index in [1.54, 1.807) is 12.4 Å². The lowest BCUT2D eigenvalue weighted by molar-refractivity contribution is 0.717. The van der Waals surface area contributed by atoms with E-state index < -0.39 is 0 Å². The normalized spacial score (nSPS) is 12.4. The van der Waals surface area contributed by atoms with Gasteiger partial charge < -0.3 is 0 Å². The molecular formula is C14H16N2. The summed E-state index contributed by atoms with van der Waals surface area (Å²) in [5, 5.41) is 0. The van der Waals surface area contributed by atoms with Gasteiger partial charge in [0.05, 0.1) is 0 Å². The zero-order chi connectivity index (χ0) is 11.4. The number of aromatic nitrogens is 2. The molecule has 1 aromatic carbocycles. The molecule has 2 nitrogen and oxygen atoms in total. The standard InChI is InChI=1S/C14H16N2/c1-11-4-6-13(7-5-11)12(2)10-14-15-8-3-9-16-14/h3-9,12H,10H2,1-2H3. The van der Waals surface area contributed by atoms with Gasteiger partial charge in [-0.05, 0) is 24.5 Å². The lowest BCUT2D eigenvalue weighted by Crippen LogP contribution is -2.02. The molecule has 1 atom stereocenters. The van der Waals surface area contributed by atoms with Crippen LogP contribution >= 0.6 is 0 Å². The molecule has 0 N–H and O–H groups in total. The van der Waals surface area contributed by atoms with Crippen LogP contribution in [0.3, 0.4) is 0 Å². The lowest BCUT2D eigenvalue weighted by Gasteiger charge is -2.10. The van der Waals surface area contributed by atoms with E-state index in [1.807, 2.05) is 6.07 Å². The maximum atomic E-state index is 4.25. The summed E-state index contributed by atoms with van der Waals surface area (Å²) in [6.45, 7) is 4.32. The zero-order valence-corrected chi connectivity index (χ0v) is 9.72. The van der Waals surface area contributed by atoms with E-state index in [-0.39, 0.29) is 0 Å². The average Bonchev–Trinajstić information content (AvgIpc) is 2.31. The summed E-state index contributed by atoms with van der Waals surface area (Å²) in [6.07, 6.45) is 4.48. The highest BCUT2D eigenvalue weighted by Gasteiger charge is 2.07. The summed E-state index contributed by atoms with van der Waals surface area (Å²) in [5.41, 5.74) is 2.64. The van der Waals surface area contributed by atoms with Gasteiger partial charge in [-0.15, -0.1) is 0 Å². The minimum absolute atomic E-state index is 0.461. The van der Waals surface area contributed by atoms with Crippen LogP contribution in [0.1, 0.15) is 29.8 Å². The van der Waals surface area contributed by atoms with Crippen molar-refractivity contribution in [1.82, 2.24) is 9.97 Å². The number of aryl methyl sites for hydroxylation is 1. The van der Waals surface area contributed by atoms with Crippen LogP contribution in [0.25, 0.3) is 0 Å². The summed E-state index contributed by atoms with van der Waals surface area (Å²) in [4.78, 5) is 8.50. The van der Waals surface area contributed by atoms with Crippen LogP contribution in [-0.4, -0.2) is 9.97 Å². The molecular weight excluding hydrogens is 196 g/mol. The van der Waals surface area contributed by atoms with E-state index in [4.69, 9.17) is 0 Å². The number of hydrogen-bond donors (Lipinski definition) is 0. The third-order valence-electron chi connectivity index (χ3n) is 2.75. The van der Waals surface area contributed by atoms with Gasteiger partial charge in [-0.1, -0.05) is 36.8 Å². The molecule has 0 fully saturated rings. The fourth-order valence-electron chi connectivity index (χ4n) is 1.72. The molecule has 2 rings (SSSR count). The maximum Gasteiger partial charge on any atom is 0.128 e. The maximum absolute atomic E-state index is 4.25. The molecule has 0 radical (unpaired) electrons. The van der Waals surface area contributed by atoms with E-state index in [9.17, 15) is 0 Å². The van der Waals surface area contributed by atoms with Gasteiger partial charge in [0.25, 0.3) is 0 Å². The smallest absolute Gasteiger partial charge is 0.128 e. The second-order valence-electron chi connectivity index (χ2n) is 4.18. The topological polar surface area (TPSA) is 25.8 Å². The van der Waals surface area contributed by atoms with Crippen LogP contribution in [0.15, 0.2) is 42.7 Å². The van der Waals surface area contributed by atoms with Gasteiger partial charge in [0, 0.05) is 18.8 Å². The van der Waals surface area contributed by atoms with Gasteiger partial charge in [0.2, 0.25) is 0 Å². The van der Waals surface area contributed by atoms with Crippen LogP contribution in [0.5, 0.6) is 0 Å². The molecule has 0 aliphatic rings. The predicted octanol–water partition coefficient (Wildman–Crippen LogP) is 3.13. The van der Waals surface area contributed by atoms with Gasteiger partial charge in [0.1, 0.15) is 5.82 Å². The monoisotopic (exact) mass is 212 g/mol. The Kier molecular flexibility index (Phi) is 3.30. The van der Waals surface area contributed by atoms with Crippen LogP contribution in [0.2, 0.25) is 0 Å². The van der Waals surface area contributed by atoms with Crippen LogP contribution in [0, 0.1) is 6.92 Å². The van der Waals surface area contributed by atoms with Crippen molar-refractivity contribution in [3.8, 4) is 0 Å². The predicted molar refractivity (Wildman–Crippen MR) is 65.3 cm³/mol. The minimum Gasteiger partial charge on any atom is -0.241 e. The largest absolute Gasteiger partial charge is 0.241 e. The van der Waals surface area contributed by atoms with Crippen molar-refractivity contribution >= 4 is 0 Å². The highest BCUT2D eigenvalue weighted by Crippen LogP contribution is 2.18. The Hall–Kier alpha value is -1.70. The van der Waals surface area contributed by atoms with Gasteiger partial charge in [-0.3, -0.25) is 0 Å². The highest BCUT2D eigenvalue weighted by atomic mass is 14.8. The molecule has 1 unspecified atom stereocenters. The average molecular weight is 212 g/mol. The van der Waals surface area contributed by atoms with Crippen molar-refractivity contribution in [1.29, 1.82) is 0 Å². The van der Waals surface area contributed by atoms with Crippen LogP contribution in [-0.2, 0) is 6.42 Å². The second-order valence-corrected chi connectivity index (χ2v) is 4.18. The molecule has 0 aliphatic carbocycles. The Morgan fingerprint density at radius 2 is 1.69 bits per heavy atom. The fourth-order valence-corrected chi connectivity index (χ4v) is 1.72. The third-order valence-corrected chi connectivity index (χ3v) is 2.75. The van der Waals surface area contributed by atoms with Crippen molar-refractivity contribution < 1.29 is 0 Å². The molecule has 0 aliphatic heterocycles. The Morgan fingerprint density at radius 1 is 1.06 bits per heavy atom. The molecule has 2 heteroatoms. The third kappa shape index (κ3) is 2.66. The number of benzene rings is 1. The van der Waals surface area contributed by atoms with E-state index >= 15 is 0 Å². The van der Waals surface area contributed by atoms with E-state index in [0.717, 1.165) is 12.2 Å². The summed E-state index contributed by atoms with van der Waals surface area (Å²) in [6, 6.07) is 10.5. The molecule has 1 aromatic heterocycles. The Bertz CT molecular complexity index is 434. The molecule has 0 saturated heterocycles. The van der Waals surface area contributed by atoms with Crippen LogP contribution in [0.4, 0.5) is 0 Å². The lowest BCUT2D eigenvalue weighted by atomic mass is 9.97. The molecule has 0 bridgehead atoms. The van der Waals surface area contributed by atoms with Crippen molar-refractivity contribution in [2.45, 2.75) is 26.2 Å². The van der Waals surface area contributed by atoms with Crippen LogP contribution < -0.4 is 0 Å². The first-order chi connectivity index (χ1) is 7.75. The van der Waals surface area contributed by atoms with Crippen molar-refractivity contribution in [3.63, 3.8) is 0 Å². The molecule has 2 aromatic rings. The van der Waals surface area contributed by atoms with Crippen molar-refractivity contribution in [3.05, 3.63) is 59.7 Å². The number of nitrogens with zero attached hydrogens (tertiary/aromatic N) is 2. The fraction of sp³-hybridized carbons (Fsp3) is 0.286. The van der Waals surface area contributed by atoms with E-state index in [2.05, 4.69) is 48.1 Å². The molecule has 16 heavy (non-hydrogen) atoms. The molecule has 1 heterocycles. The van der Waals surface area contributed by atoms with Crippen molar-refractivity contribution in [2.75, 3.05) is 0 Å².